The number of carbonyl (C=O) groups is 1. The van der Waals surface area contributed by atoms with Gasteiger partial charge in [0.15, 0.2) is 0 Å². The zero-order chi connectivity index (χ0) is 16.4. The van der Waals surface area contributed by atoms with Crippen molar-refractivity contribution in [3.63, 3.8) is 0 Å². The number of amides is 1. The van der Waals surface area contributed by atoms with E-state index >= 15 is 0 Å². The van der Waals surface area contributed by atoms with Gasteiger partial charge in [-0.25, -0.2) is 8.42 Å². The van der Waals surface area contributed by atoms with Crippen molar-refractivity contribution in [2.75, 3.05) is 0 Å². The fourth-order valence-electron chi connectivity index (χ4n) is 2.12. The summed E-state index contributed by atoms with van der Waals surface area (Å²) in [6.45, 7) is 9.20. The summed E-state index contributed by atoms with van der Waals surface area (Å²) in [6, 6.07) is 0. The van der Waals surface area contributed by atoms with Crippen LogP contribution in [0.1, 0.15) is 46.0 Å². The predicted octanol–water partition coefficient (Wildman–Crippen LogP) is 1.85. The standard InChI is InChI=1S/C13H22ClN3O3S/c1-6-9-12(21(14,19)20)10(7-2)17(16-9)8-11(18)15-13(3,4)5/h6-8H2,1-5H3,(H,15,18). The second-order valence-electron chi connectivity index (χ2n) is 5.82. The van der Waals surface area contributed by atoms with Crippen LogP contribution in [-0.4, -0.2) is 29.6 Å². The first-order valence-electron chi connectivity index (χ1n) is 6.83. The number of aromatic nitrogens is 2. The number of nitrogens with one attached hydrogen (secondary N) is 1. The molecule has 0 radical (unpaired) electrons. The van der Waals surface area contributed by atoms with Crippen LogP contribution in [0.3, 0.4) is 0 Å². The van der Waals surface area contributed by atoms with E-state index in [4.69, 9.17) is 10.7 Å². The van der Waals surface area contributed by atoms with E-state index < -0.39 is 9.05 Å². The van der Waals surface area contributed by atoms with Gasteiger partial charge < -0.3 is 5.32 Å². The van der Waals surface area contributed by atoms with Crippen molar-refractivity contribution in [1.82, 2.24) is 15.1 Å². The molecule has 0 aromatic carbocycles. The third-order valence-corrected chi connectivity index (χ3v) is 4.22. The minimum Gasteiger partial charge on any atom is -0.350 e. The molecule has 0 aliphatic rings. The number of rotatable bonds is 5. The molecule has 0 saturated heterocycles. The molecule has 1 N–H and O–H groups in total. The lowest BCUT2D eigenvalue weighted by Gasteiger charge is -2.20. The Morgan fingerprint density at radius 2 is 1.86 bits per heavy atom. The molecule has 8 heteroatoms. The lowest BCUT2D eigenvalue weighted by atomic mass is 10.1. The molecule has 1 rings (SSSR count). The van der Waals surface area contributed by atoms with Gasteiger partial charge in [0, 0.05) is 16.2 Å². The highest BCUT2D eigenvalue weighted by Gasteiger charge is 2.26. The molecule has 1 aromatic rings. The van der Waals surface area contributed by atoms with Gasteiger partial charge in [-0.2, -0.15) is 5.10 Å². The number of nitrogens with zero attached hydrogens (tertiary/aromatic N) is 2. The van der Waals surface area contributed by atoms with E-state index in [0.717, 1.165) is 0 Å². The Bertz CT molecular complexity index is 630. The summed E-state index contributed by atoms with van der Waals surface area (Å²) in [6.07, 6.45) is 0.860. The van der Waals surface area contributed by atoms with Crippen LogP contribution in [0, 0.1) is 0 Å². The van der Waals surface area contributed by atoms with E-state index in [1.54, 1.807) is 13.8 Å². The Kier molecular flexibility index (Phi) is 5.44. The van der Waals surface area contributed by atoms with Crippen LogP contribution >= 0.6 is 10.7 Å². The van der Waals surface area contributed by atoms with Crippen LogP contribution in [0.4, 0.5) is 0 Å². The zero-order valence-corrected chi connectivity index (χ0v) is 14.6. The van der Waals surface area contributed by atoms with Crippen molar-refractivity contribution in [2.45, 2.75) is 64.4 Å². The highest BCUT2D eigenvalue weighted by atomic mass is 35.7. The Labute approximate surface area is 130 Å². The van der Waals surface area contributed by atoms with Crippen LogP contribution in [0.15, 0.2) is 4.90 Å². The summed E-state index contributed by atoms with van der Waals surface area (Å²) < 4.78 is 24.9. The minimum atomic E-state index is -3.88. The smallest absolute Gasteiger partial charge is 0.264 e. The van der Waals surface area contributed by atoms with Gasteiger partial charge in [0.2, 0.25) is 5.91 Å². The first-order valence-corrected chi connectivity index (χ1v) is 9.14. The van der Waals surface area contributed by atoms with Crippen molar-refractivity contribution < 1.29 is 13.2 Å². The molecular weight excluding hydrogens is 314 g/mol. The highest BCUT2D eigenvalue weighted by molar-refractivity contribution is 8.13. The van der Waals surface area contributed by atoms with Crippen LogP contribution in [0.25, 0.3) is 0 Å². The van der Waals surface area contributed by atoms with Crippen molar-refractivity contribution in [2.24, 2.45) is 0 Å². The van der Waals surface area contributed by atoms with Gasteiger partial charge in [-0.15, -0.1) is 0 Å². The lowest BCUT2D eigenvalue weighted by Crippen LogP contribution is -2.42. The molecule has 0 aliphatic carbocycles. The maximum atomic E-state index is 12.0. The number of aryl methyl sites for hydroxylation is 1. The maximum absolute atomic E-state index is 12.0. The topological polar surface area (TPSA) is 81.1 Å². The first kappa shape index (κ1) is 18.0. The van der Waals surface area contributed by atoms with Gasteiger partial charge in [-0.3, -0.25) is 9.48 Å². The Morgan fingerprint density at radius 1 is 1.29 bits per heavy atom. The van der Waals surface area contributed by atoms with E-state index in [1.165, 1.54) is 4.68 Å². The summed E-state index contributed by atoms with van der Waals surface area (Å²) in [5.74, 6) is -0.221. The molecule has 1 heterocycles. The van der Waals surface area contributed by atoms with Crippen LogP contribution in [-0.2, 0) is 33.2 Å². The molecule has 1 aromatic heterocycles. The number of hydrogen-bond donors (Lipinski definition) is 1. The number of hydrogen-bond acceptors (Lipinski definition) is 4. The Balaban J connectivity index is 3.21. The van der Waals surface area contributed by atoms with Crippen LogP contribution in [0.2, 0.25) is 0 Å². The second kappa shape index (κ2) is 6.36. The summed E-state index contributed by atoms with van der Waals surface area (Å²) in [7, 11) is 1.62. The lowest BCUT2D eigenvalue weighted by molar-refractivity contribution is -0.123. The summed E-state index contributed by atoms with van der Waals surface area (Å²) in [5.41, 5.74) is 0.502. The molecule has 0 atom stereocenters. The fraction of sp³-hybridized carbons (Fsp3) is 0.692. The average Bonchev–Trinajstić information content (AvgIpc) is 2.63. The van der Waals surface area contributed by atoms with E-state index in [1.807, 2.05) is 20.8 Å². The van der Waals surface area contributed by atoms with Crippen molar-refractivity contribution >= 4 is 25.6 Å². The fourth-order valence-corrected chi connectivity index (χ4v) is 3.65. The largest absolute Gasteiger partial charge is 0.350 e. The molecule has 6 nitrogen and oxygen atoms in total. The Morgan fingerprint density at radius 3 is 2.24 bits per heavy atom. The zero-order valence-electron chi connectivity index (χ0n) is 13.0. The van der Waals surface area contributed by atoms with Gasteiger partial charge in [-0.05, 0) is 33.6 Å². The van der Waals surface area contributed by atoms with Crippen molar-refractivity contribution in [1.29, 1.82) is 0 Å². The van der Waals surface area contributed by atoms with Crippen molar-refractivity contribution in [3.05, 3.63) is 11.4 Å². The van der Waals surface area contributed by atoms with E-state index in [9.17, 15) is 13.2 Å². The summed E-state index contributed by atoms with van der Waals surface area (Å²) in [5, 5.41) is 7.05. The third-order valence-electron chi connectivity index (χ3n) is 2.80. The Hall–Kier alpha value is -1.08. The predicted molar refractivity (Wildman–Crippen MR) is 81.9 cm³/mol. The van der Waals surface area contributed by atoms with Gasteiger partial charge in [0.1, 0.15) is 11.4 Å². The SMILES string of the molecule is CCc1nn(CC(=O)NC(C)(C)C)c(CC)c1S(=O)(=O)Cl. The second-order valence-corrected chi connectivity index (χ2v) is 8.33. The molecule has 21 heavy (non-hydrogen) atoms. The van der Waals surface area contributed by atoms with Crippen LogP contribution < -0.4 is 5.32 Å². The molecule has 0 unspecified atom stereocenters. The number of carbonyl (C=O) groups excluding carboxylic acids is 1. The molecule has 0 bridgehead atoms. The minimum absolute atomic E-state index is 0.0279. The molecule has 0 saturated carbocycles. The first-order chi connectivity index (χ1) is 9.49. The summed E-state index contributed by atoms with van der Waals surface area (Å²) >= 11 is 0. The van der Waals surface area contributed by atoms with E-state index in [2.05, 4.69) is 10.4 Å². The molecule has 0 spiro atoms. The monoisotopic (exact) mass is 335 g/mol. The average molecular weight is 336 g/mol. The van der Waals surface area contributed by atoms with Gasteiger partial charge in [-0.1, -0.05) is 13.8 Å². The van der Waals surface area contributed by atoms with E-state index in [0.29, 0.717) is 24.2 Å². The van der Waals surface area contributed by atoms with Crippen LogP contribution in [0.5, 0.6) is 0 Å². The van der Waals surface area contributed by atoms with Crippen molar-refractivity contribution in [3.8, 4) is 0 Å². The quantitative estimate of drug-likeness (QED) is 0.833. The number of halogens is 1. The molecule has 0 aliphatic heterocycles. The molecule has 0 fully saturated rings. The molecule has 120 valence electrons. The summed E-state index contributed by atoms with van der Waals surface area (Å²) in [4.78, 5) is 12.0. The maximum Gasteiger partial charge on any atom is 0.264 e. The third kappa shape index (κ3) is 4.71. The van der Waals surface area contributed by atoms with E-state index in [-0.39, 0.29) is 22.9 Å². The van der Waals surface area contributed by atoms with Gasteiger partial charge in [0.05, 0.1) is 11.4 Å². The molecular formula is C13H22ClN3O3S. The highest BCUT2D eigenvalue weighted by Crippen LogP contribution is 2.25. The normalized spacial score (nSPS) is 12.5. The van der Waals surface area contributed by atoms with Gasteiger partial charge >= 0.3 is 0 Å². The van der Waals surface area contributed by atoms with Gasteiger partial charge in [0.25, 0.3) is 9.05 Å². The molecule has 1 amide bonds.